The van der Waals surface area contributed by atoms with Gasteiger partial charge in [-0.15, -0.1) is 17.5 Å². The van der Waals surface area contributed by atoms with Crippen molar-refractivity contribution in [3.63, 3.8) is 0 Å². The number of rotatable bonds is 1. The van der Waals surface area contributed by atoms with E-state index in [-0.39, 0.29) is 18.4 Å². The first-order valence-electron chi connectivity index (χ1n) is 3.31. The van der Waals surface area contributed by atoms with Crippen molar-refractivity contribution >= 4 is 18.4 Å². The van der Waals surface area contributed by atoms with E-state index in [0.29, 0.717) is 5.95 Å². The second kappa shape index (κ2) is 3.81. The van der Waals surface area contributed by atoms with Gasteiger partial charge in [-0.1, -0.05) is 0 Å². The first kappa shape index (κ1) is 9.40. The number of nitrogen functional groups attached to an aromatic ring is 1. The van der Waals surface area contributed by atoms with E-state index in [1.54, 1.807) is 18.5 Å². The molecule has 2 aromatic heterocycles. The second-order valence-corrected chi connectivity index (χ2v) is 2.10. The fourth-order valence-corrected chi connectivity index (χ4v) is 0.782. The molecule has 0 fully saturated rings. The van der Waals surface area contributed by atoms with Crippen molar-refractivity contribution in [3.8, 4) is 5.95 Å². The first-order valence-corrected chi connectivity index (χ1v) is 3.31. The van der Waals surface area contributed by atoms with Crippen LogP contribution >= 0.6 is 12.4 Å². The summed E-state index contributed by atoms with van der Waals surface area (Å²) in [5.41, 5.74) is 5.32. The van der Waals surface area contributed by atoms with Crippen LogP contribution in [0, 0.1) is 0 Å². The molecule has 2 rings (SSSR count). The van der Waals surface area contributed by atoms with Crippen LogP contribution < -0.4 is 5.73 Å². The molecule has 0 aliphatic carbocycles. The van der Waals surface area contributed by atoms with E-state index in [1.165, 1.54) is 11.0 Å². The second-order valence-electron chi connectivity index (χ2n) is 2.10. The molecule has 0 saturated carbocycles. The molecule has 0 aromatic carbocycles. The van der Waals surface area contributed by atoms with Crippen LogP contribution in [-0.4, -0.2) is 24.7 Å². The molecule has 0 aliphatic rings. The lowest BCUT2D eigenvalue weighted by atomic mass is 10.7. The van der Waals surface area contributed by atoms with E-state index >= 15 is 0 Å². The smallest absolute Gasteiger partial charge is 0.252 e. The lowest BCUT2D eigenvalue weighted by Crippen LogP contribution is -2.00. The Kier molecular flexibility index (Phi) is 2.76. The van der Waals surface area contributed by atoms with Gasteiger partial charge in [-0.3, -0.25) is 0 Å². The van der Waals surface area contributed by atoms with Crippen molar-refractivity contribution in [2.75, 3.05) is 5.73 Å². The molecular formula is C6H7ClN6. The van der Waals surface area contributed by atoms with Gasteiger partial charge >= 0.3 is 0 Å². The van der Waals surface area contributed by atoms with Crippen LogP contribution in [0.1, 0.15) is 0 Å². The predicted molar refractivity (Wildman–Crippen MR) is 48.6 cm³/mol. The van der Waals surface area contributed by atoms with Crippen LogP contribution in [0.25, 0.3) is 5.95 Å². The molecule has 0 amide bonds. The standard InChI is InChI=1S/C6H6N6.ClH/c7-5-10-4-12(11-5)6-8-2-1-3-9-6;/h1-4H,(H2,7,11);1H. The molecule has 2 heterocycles. The highest BCUT2D eigenvalue weighted by atomic mass is 35.5. The van der Waals surface area contributed by atoms with Gasteiger partial charge in [-0.25, -0.2) is 15.0 Å². The van der Waals surface area contributed by atoms with Gasteiger partial charge in [0.1, 0.15) is 6.33 Å². The van der Waals surface area contributed by atoms with Crippen molar-refractivity contribution in [2.24, 2.45) is 0 Å². The summed E-state index contributed by atoms with van der Waals surface area (Å²) in [6.07, 6.45) is 4.71. The first-order chi connectivity index (χ1) is 5.86. The van der Waals surface area contributed by atoms with Crippen LogP contribution in [0.3, 0.4) is 0 Å². The third-order valence-electron chi connectivity index (χ3n) is 1.27. The van der Waals surface area contributed by atoms with Gasteiger partial charge < -0.3 is 5.73 Å². The normalized spacial score (nSPS) is 9.23. The van der Waals surface area contributed by atoms with Crippen molar-refractivity contribution in [1.82, 2.24) is 24.7 Å². The van der Waals surface area contributed by atoms with Gasteiger partial charge in [-0.2, -0.15) is 4.68 Å². The fraction of sp³-hybridized carbons (Fsp3) is 0. The number of nitrogens with two attached hydrogens (primary N) is 1. The summed E-state index contributed by atoms with van der Waals surface area (Å²) < 4.78 is 1.41. The third kappa shape index (κ3) is 1.91. The molecule has 2 aromatic rings. The maximum Gasteiger partial charge on any atom is 0.252 e. The highest BCUT2D eigenvalue weighted by Crippen LogP contribution is 1.96. The molecule has 0 radical (unpaired) electrons. The topological polar surface area (TPSA) is 82.5 Å². The van der Waals surface area contributed by atoms with Crippen LogP contribution in [0.4, 0.5) is 5.95 Å². The monoisotopic (exact) mass is 198 g/mol. The lowest BCUT2D eigenvalue weighted by Gasteiger charge is -1.93. The Labute approximate surface area is 80.2 Å². The minimum atomic E-state index is 0. The lowest BCUT2D eigenvalue weighted by molar-refractivity contribution is 0.809. The van der Waals surface area contributed by atoms with Crippen LogP contribution in [0.15, 0.2) is 24.8 Å². The van der Waals surface area contributed by atoms with Gasteiger partial charge in [0.2, 0.25) is 5.95 Å². The molecule has 68 valence electrons. The summed E-state index contributed by atoms with van der Waals surface area (Å²) in [6.45, 7) is 0. The highest BCUT2D eigenvalue weighted by Gasteiger charge is 1.99. The van der Waals surface area contributed by atoms with E-state index in [1.807, 2.05) is 0 Å². The van der Waals surface area contributed by atoms with Gasteiger partial charge in [0.15, 0.2) is 0 Å². The summed E-state index contributed by atoms with van der Waals surface area (Å²) in [5, 5.41) is 3.84. The molecule has 0 atom stereocenters. The quantitative estimate of drug-likeness (QED) is 0.701. The number of hydrogen-bond acceptors (Lipinski definition) is 5. The Morgan fingerprint density at radius 3 is 2.38 bits per heavy atom. The Morgan fingerprint density at radius 2 is 1.85 bits per heavy atom. The minimum absolute atomic E-state index is 0. The zero-order valence-electron chi connectivity index (χ0n) is 6.53. The largest absolute Gasteiger partial charge is 0.366 e. The van der Waals surface area contributed by atoms with E-state index in [0.717, 1.165) is 0 Å². The zero-order valence-corrected chi connectivity index (χ0v) is 7.35. The van der Waals surface area contributed by atoms with Crippen LogP contribution in [-0.2, 0) is 0 Å². The van der Waals surface area contributed by atoms with Gasteiger partial charge in [-0.05, 0) is 6.07 Å². The van der Waals surface area contributed by atoms with Crippen molar-refractivity contribution in [1.29, 1.82) is 0 Å². The molecule has 0 aliphatic heterocycles. The van der Waals surface area contributed by atoms with Gasteiger partial charge in [0.05, 0.1) is 0 Å². The maximum absolute atomic E-state index is 5.32. The minimum Gasteiger partial charge on any atom is -0.366 e. The number of nitrogens with zero attached hydrogens (tertiary/aromatic N) is 5. The van der Waals surface area contributed by atoms with Gasteiger partial charge in [0, 0.05) is 12.4 Å². The number of anilines is 1. The third-order valence-corrected chi connectivity index (χ3v) is 1.27. The summed E-state index contributed by atoms with van der Waals surface area (Å²) in [5.74, 6) is 0.671. The average Bonchev–Trinajstić information content (AvgIpc) is 2.54. The summed E-state index contributed by atoms with van der Waals surface area (Å²) in [7, 11) is 0. The van der Waals surface area contributed by atoms with Gasteiger partial charge in [0.25, 0.3) is 5.95 Å². The number of halogens is 1. The molecule has 0 unspecified atom stereocenters. The predicted octanol–water partition coefficient (Wildman–Crippen LogP) is 0.0613. The summed E-state index contributed by atoms with van der Waals surface area (Å²) in [4.78, 5) is 11.7. The Bertz CT molecular complexity index is 372. The molecule has 0 spiro atoms. The zero-order chi connectivity index (χ0) is 8.39. The van der Waals surface area contributed by atoms with Crippen LogP contribution in [0.2, 0.25) is 0 Å². The van der Waals surface area contributed by atoms with Crippen LogP contribution in [0.5, 0.6) is 0 Å². The van der Waals surface area contributed by atoms with E-state index in [9.17, 15) is 0 Å². The molecular weight excluding hydrogens is 192 g/mol. The SMILES string of the molecule is Cl.Nc1ncn(-c2ncccn2)n1. The maximum atomic E-state index is 5.32. The molecule has 13 heavy (non-hydrogen) atoms. The number of aromatic nitrogens is 5. The molecule has 6 nitrogen and oxygen atoms in total. The van der Waals surface area contributed by atoms with E-state index in [2.05, 4.69) is 20.1 Å². The van der Waals surface area contributed by atoms with Crippen molar-refractivity contribution < 1.29 is 0 Å². The summed E-state index contributed by atoms with van der Waals surface area (Å²) in [6, 6.07) is 1.73. The number of hydrogen-bond donors (Lipinski definition) is 1. The Balaban J connectivity index is 0.000000845. The molecule has 0 saturated heterocycles. The van der Waals surface area contributed by atoms with Crippen molar-refractivity contribution in [2.45, 2.75) is 0 Å². The molecule has 0 bridgehead atoms. The Morgan fingerprint density at radius 1 is 1.15 bits per heavy atom. The van der Waals surface area contributed by atoms with Crippen molar-refractivity contribution in [3.05, 3.63) is 24.8 Å². The summed E-state index contributed by atoms with van der Waals surface area (Å²) >= 11 is 0. The molecule has 2 N–H and O–H groups in total. The van der Waals surface area contributed by atoms with E-state index in [4.69, 9.17) is 5.73 Å². The highest BCUT2D eigenvalue weighted by molar-refractivity contribution is 5.85. The average molecular weight is 199 g/mol. The fourth-order valence-electron chi connectivity index (χ4n) is 0.782. The van der Waals surface area contributed by atoms with E-state index < -0.39 is 0 Å². The Hall–Kier alpha value is -1.69. The molecule has 7 heteroatoms.